The van der Waals surface area contributed by atoms with Crippen molar-refractivity contribution in [1.29, 1.82) is 0 Å². The number of aromatic nitrogens is 1. The van der Waals surface area contributed by atoms with E-state index < -0.39 is 28.5 Å². The fourth-order valence-electron chi connectivity index (χ4n) is 0.890. The van der Waals surface area contributed by atoms with Gasteiger partial charge in [-0.1, -0.05) is 0 Å². The van der Waals surface area contributed by atoms with Crippen molar-refractivity contribution in [1.82, 2.24) is 9.29 Å². The summed E-state index contributed by atoms with van der Waals surface area (Å²) >= 11 is 0. The smallest absolute Gasteiger partial charge is 0.302 e. The Labute approximate surface area is 92.9 Å². The molecule has 1 aromatic heterocycles. The second kappa shape index (κ2) is 4.73. The van der Waals surface area contributed by atoms with E-state index in [2.05, 4.69) is 4.98 Å². The molecule has 1 heterocycles. The quantitative estimate of drug-likeness (QED) is 0.782. The van der Waals surface area contributed by atoms with Crippen molar-refractivity contribution in [2.45, 2.75) is 6.61 Å². The highest BCUT2D eigenvalue weighted by atomic mass is 32.2. The minimum absolute atomic E-state index is 0.0218. The molecule has 90 valence electrons. The molecule has 0 saturated carbocycles. The van der Waals surface area contributed by atoms with Crippen LogP contribution in [0.3, 0.4) is 0 Å². The summed E-state index contributed by atoms with van der Waals surface area (Å²) in [4.78, 5) is 3.55. The van der Waals surface area contributed by atoms with Crippen molar-refractivity contribution in [2.24, 2.45) is 0 Å². The Morgan fingerprint density at radius 1 is 1.56 bits per heavy atom. The van der Waals surface area contributed by atoms with Gasteiger partial charge in [-0.05, 0) is 6.07 Å². The maximum absolute atomic E-state index is 13.5. The third-order valence-corrected chi connectivity index (χ3v) is 3.26. The molecule has 0 aliphatic carbocycles. The van der Waals surface area contributed by atoms with Crippen molar-refractivity contribution in [3.63, 3.8) is 0 Å². The molecule has 0 spiro atoms. The SMILES string of the molecule is CN(C)S(=O)(=O)Nc1nccc(CO)c1F. The molecular formula is C8H12FN3O3S. The van der Waals surface area contributed by atoms with Crippen molar-refractivity contribution in [3.05, 3.63) is 23.6 Å². The van der Waals surface area contributed by atoms with E-state index in [0.717, 1.165) is 4.31 Å². The lowest BCUT2D eigenvalue weighted by atomic mass is 10.2. The predicted octanol–water partition coefficient (Wildman–Crippen LogP) is -0.0687. The van der Waals surface area contributed by atoms with Crippen LogP contribution in [-0.4, -0.2) is 36.9 Å². The van der Waals surface area contributed by atoms with Gasteiger partial charge in [0.05, 0.1) is 6.61 Å². The number of halogens is 1. The molecule has 1 aromatic rings. The van der Waals surface area contributed by atoms with Gasteiger partial charge in [0.2, 0.25) is 0 Å². The van der Waals surface area contributed by atoms with Gasteiger partial charge in [-0.2, -0.15) is 12.7 Å². The Kier molecular flexibility index (Phi) is 3.79. The molecule has 0 aliphatic rings. The molecule has 0 fully saturated rings. The average molecular weight is 249 g/mol. The minimum Gasteiger partial charge on any atom is -0.392 e. The van der Waals surface area contributed by atoms with Crippen LogP contribution < -0.4 is 4.72 Å². The predicted molar refractivity (Wildman–Crippen MR) is 56.3 cm³/mol. The van der Waals surface area contributed by atoms with Crippen LogP contribution in [0.2, 0.25) is 0 Å². The molecule has 6 nitrogen and oxygen atoms in total. The van der Waals surface area contributed by atoms with Crippen molar-refractivity contribution in [2.75, 3.05) is 18.8 Å². The van der Waals surface area contributed by atoms with Gasteiger partial charge < -0.3 is 5.11 Å². The lowest BCUT2D eigenvalue weighted by molar-refractivity contribution is 0.275. The van der Waals surface area contributed by atoms with Crippen LogP contribution in [0.15, 0.2) is 12.3 Å². The van der Waals surface area contributed by atoms with E-state index in [1.165, 1.54) is 26.4 Å². The standard InChI is InChI=1S/C8H12FN3O3S/c1-12(2)16(14,15)11-8-7(9)6(5-13)3-4-10-8/h3-4,13H,5H2,1-2H3,(H,10,11). The molecule has 0 aliphatic heterocycles. The van der Waals surface area contributed by atoms with Crippen molar-refractivity contribution >= 4 is 16.0 Å². The molecule has 1 rings (SSSR count). The van der Waals surface area contributed by atoms with E-state index in [1.807, 2.05) is 4.72 Å². The molecule has 0 radical (unpaired) electrons. The van der Waals surface area contributed by atoms with E-state index >= 15 is 0 Å². The maximum Gasteiger partial charge on any atom is 0.302 e. The van der Waals surface area contributed by atoms with Gasteiger partial charge in [0.1, 0.15) is 0 Å². The zero-order valence-corrected chi connectivity index (χ0v) is 9.62. The first-order valence-corrected chi connectivity index (χ1v) is 5.77. The number of aliphatic hydroxyl groups is 1. The summed E-state index contributed by atoms with van der Waals surface area (Å²) in [6, 6.07) is 1.27. The maximum atomic E-state index is 13.5. The monoisotopic (exact) mass is 249 g/mol. The second-order valence-corrected chi connectivity index (χ2v) is 5.06. The van der Waals surface area contributed by atoms with E-state index in [9.17, 15) is 12.8 Å². The average Bonchev–Trinajstić information content (AvgIpc) is 2.20. The van der Waals surface area contributed by atoms with Crippen LogP contribution in [0.25, 0.3) is 0 Å². The number of pyridine rings is 1. The first-order valence-electron chi connectivity index (χ1n) is 4.33. The van der Waals surface area contributed by atoms with E-state index in [4.69, 9.17) is 5.11 Å². The van der Waals surface area contributed by atoms with Gasteiger partial charge in [-0.15, -0.1) is 0 Å². The van der Waals surface area contributed by atoms with E-state index in [0.29, 0.717) is 0 Å². The Balaban J connectivity index is 3.08. The number of aliphatic hydroxyl groups excluding tert-OH is 1. The largest absolute Gasteiger partial charge is 0.392 e. The summed E-state index contributed by atoms with van der Waals surface area (Å²) in [7, 11) is -1.20. The lowest BCUT2D eigenvalue weighted by Gasteiger charge is -2.13. The lowest BCUT2D eigenvalue weighted by Crippen LogP contribution is -2.29. The Morgan fingerprint density at radius 2 is 2.19 bits per heavy atom. The fourth-order valence-corrected chi connectivity index (χ4v) is 1.46. The summed E-state index contributed by atoms with van der Waals surface area (Å²) in [6.07, 6.45) is 1.21. The van der Waals surface area contributed by atoms with Crippen LogP contribution in [0.4, 0.5) is 10.2 Å². The molecule has 16 heavy (non-hydrogen) atoms. The Hall–Kier alpha value is -1.25. The van der Waals surface area contributed by atoms with Crippen LogP contribution in [0.1, 0.15) is 5.56 Å². The minimum atomic E-state index is -3.80. The van der Waals surface area contributed by atoms with Crippen LogP contribution in [0.5, 0.6) is 0 Å². The molecule has 0 bridgehead atoms. The molecular weight excluding hydrogens is 237 g/mol. The first kappa shape index (κ1) is 12.8. The van der Waals surface area contributed by atoms with E-state index in [-0.39, 0.29) is 5.56 Å². The molecule has 0 amide bonds. The second-order valence-electron chi connectivity index (χ2n) is 3.18. The highest BCUT2D eigenvalue weighted by Crippen LogP contribution is 2.16. The molecule has 0 aromatic carbocycles. The van der Waals surface area contributed by atoms with Crippen LogP contribution in [0, 0.1) is 5.82 Å². The normalized spacial score (nSPS) is 11.8. The fraction of sp³-hybridized carbons (Fsp3) is 0.375. The summed E-state index contributed by atoms with van der Waals surface area (Å²) in [5, 5.41) is 8.79. The molecule has 0 unspecified atom stereocenters. The zero-order valence-electron chi connectivity index (χ0n) is 8.81. The number of rotatable bonds is 4. The Bertz CT molecular complexity index is 475. The van der Waals surface area contributed by atoms with Crippen LogP contribution in [-0.2, 0) is 16.8 Å². The highest BCUT2D eigenvalue weighted by Gasteiger charge is 2.17. The van der Waals surface area contributed by atoms with Gasteiger partial charge in [0.15, 0.2) is 11.6 Å². The summed E-state index contributed by atoms with van der Waals surface area (Å²) in [6.45, 7) is -0.523. The third-order valence-electron chi connectivity index (χ3n) is 1.85. The first-order chi connectivity index (χ1) is 7.38. The molecule has 2 N–H and O–H groups in total. The highest BCUT2D eigenvalue weighted by molar-refractivity contribution is 7.90. The molecule has 0 saturated heterocycles. The molecule has 0 atom stereocenters. The van der Waals surface area contributed by atoms with Crippen LogP contribution >= 0.6 is 0 Å². The van der Waals surface area contributed by atoms with Gasteiger partial charge in [-0.25, -0.2) is 9.37 Å². The van der Waals surface area contributed by atoms with Gasteiger partial charge in [0, 0.05) is 25.9 Å². The van der Waals surface area contributed by atoms with Crippen molar-refractivity contribution in [3.8, 4) is 0 Å². The topological polar surface area (TPSA) is 82.5 Å². The number of nitrogens with zero attached hydrogens (tertiary/aromatic N) is 2. The number of hydrogen-bond donors (Lipinski definition) is 2. The number of hydrogen-bond acceptors (Lipinski definition) is 4. The van der Waals surface area contributed by atoms with Gasteiger partial charge in [0.25, 0.3) is 0 Å². The van der Waals surface area contributed by atoms with Gasteiger partial charge in [-0.3, -0.25) is 4.72 Å². The van der Waals surface area contributed by atoms with Gasteiger partial charge >= 0.3 is 10.2 Å². The van der Waals surface area contributed by atoms with E-state index in [1.54, 1.807) is 0 Å². The summed E-state index contributed by atoms with van der Waals surface area (Å²) < 4.78 is 39.1. The molecule has 8 heteroatoms. The van der Waals surface area contributed by atoms with Crippen molar-refractivity contribution < 1.29 is 17.9 Å². The zero-order chi connectivity index (χ0) is 12.3. The number of anilines is 1. The number of nitrogens with one attached hydrogen (secondary N) is 1. The summed E-state index contributed by atoms with van der Waals surface area (Å²) in [5.74, 6) is -1.31. The third kappa shape index (κ3) is 2.65. The Morgan fingerprint density at radius 3 is 2.69 bits per heavy atom. The summed E-state index contributed by atoms with van der Waals surface area (Å²) in [5.41, 5.74) is -0.0218.